The van der Waals surface area contributed by atoms with Gasteiger partial charge in [0, 0.05) is 33.2 Å². The van der Waals surface area contributed by atoms with Crippen molar-refractivity contribution in [2.75, 3.05) is 20.4 Å². The first-order chi connectivity index (χ1) is 20.9. The van der Waals surface area contributed by atoms with Gasteiger partial charge in [-0.2, -0.15) is 0 Å². The summed E-state index contributed by atoms with van der Waals surface area (Å²) < 4.78 is 41.5. The van der Waals surface area contributed by atoms with Crippen LogP contribution in [-0.2, 0) is 19.8 Å². The summed E-state index contributed by atoms with van der Waals surface area (Å²) >= 11 is 6.93. The molecule has 0 bridgehead atoms. The highest BCUT2D eigenvalue weighted by molar-refractivity contribution is 8.16. The molecule has 0 unspecified atom stereocenters. The zero-order valence-corrected chi connectivity index (χ0v) is 29.4. The van der Waals surface area contributed by atoms with E-state index in [2.05, 4.69) is 34.9 Å². The van der Waals surface area contributed by atoms with Gasteiger partial charge in [0.05, 0.1) is 17.9 Å². The highest BCUT2D eigenvalue weighted by Gasteiger charge is 2.71. The summed E-state index contributed by atoms with van der Waals surface area (Å²) in [5.74, 6) is -1.94. The van der Waals surface area contributed by atoms with E-state index in [1.807, 2.05) is 0 Å². The van der Waals surface area contributed by atoms with Crippen LogP contribution in [0.2, 0.25) is 30.8 Å². The zero-order chi connectivity index (χ0) is 33.4. The summed E-state index contributed by atoms with van der Waals surface area (Å²) in [5.41, 5.74) is -1.64. The molecule has 14 heteroatoms. The maximum Gasteiger partial charge on any atom is 0.418 e. The third kappa shape index (κ3) is 8.11. The van der Waals surface area contributed by atoms with Crippen LogP contribution in [0, 0.1) is 11.7 Å². The Balaban J connectivity index is 1.78. The fourth-order valence-corrected chi connectivity index (χ4v) is 7.53. The third-order valence-corrected chi connectivity index (χ3v) is 11.0. The van der Waals surface area contributed by atoms with Crippen LogP contribution in [0.15, 0.2) is 35.6 Å². The van der Waals surface area contributed by atoms with E-state index in [1.54, 1.807) is 27.7 Å². The van der Waals surface area contributed by atoms with Crippen LogP contribution in [-0.4, -0.2) is 70.8 Å². The summed E-state index contributed by atoms with van der Waals surface area (Å²) in [6, 6.07) is 5.05. The van der Waals surface area contributed by atoms with Crippen molar-refractivity contribution in [3.63, 3.8) is 0 Å². The first kappa shape index (κ1) is 35.0. The number of rotatable bonds is 9. The largest absolute Gasteiger partial charge is 0.443 e. The summed E-state index contributed by atoms with van der Waals surface area (Å²) in [6.45, 7) is 13.9. The fourth-order valence-electron chi connectivity index (χ4n) is 5.06. The van der Waals surface area contributed by atoms with Crippen molar-refractivity contribution >= 4 is 60.5 Å². The lowest BCUT2D eigenvalue weighted by molar-refractivity contribution is -0.121. The van der Waals surface area contributed by atoms with E-state index in [1.165, 1.54) is 48.6 Å². The van der Waals surface area contributed by atoms with Gasteiger partial charge in [-0.05, 0) is 63.9 Å². The second kappa shape index (κ2) is 13.1. The number of amidine groups is 1. The first-order valence-electron chi connectivity index (χ1n) is 14.6. The quantitative estimate of drug-likeness (QED) is 0.171. The minimum atomic E-state index is -1.42. The topological polar surface area (TPSA) is 106 Å². The Morgan fingerprint density at radius 1 is 1.24 bits per heavy atom. The van der Waals surface area contributed by atoms with Crippen LogP contribution in [0.1, 0.15) is 50.9 Å². The molecule has 0 saturated heterocycles. The molecule has 1 fully saturated rings. The van der Waals surface area contributed by atoms with Crippen molar-refractivity contribution < 1.29 is 27.8 Å². The molecule has 2 aliphatic rings. The normalized spacial score (nSPS) is 23.1. The number of halogens is 3. The summed E-state index contributed by atoms with van der Waals surface area (Å²) in [4.78, 5) is 40.9. The minimum absolute atomic E-state index is 0.0335. The van der Waals surface area contributed by atoms with Crippen LogP contribution in [0.25, 0.3) is 11.9 Å². The molecule has 1 aliphatic heterocycles. The SMILES string of the molecule is CNC(=O)[C@]12C[C@H]1[C@@](C)(c1cc(/C=C(\F)c3cnc(Cl)cn3)ccc1F)N=C(N(COCC[Si](C)(C)C)C(=O)OC(C)(C)C)S2. The van der Waals surface area contributed by atoms with Gasteiger partial charge in [0.1, 0.15) is 33.7 Å². The predicted octanol–water partition coefficient (Wildman–Crippen LogP) is 7.11. The lowest BCUT2D eigenvalue weighted by atomic mass is 9.84. The van der Waals surface area contributed by atoms with Gasteiger partial charge >= 0.3 is 6.09 Å². The molecular weight excluding hydrogens is 640 g/mol. The van der Waals surface area contributed by atoms with Gasteiger partial charge in [0.15, 0.2) is 11.0 Å². The third-order valence-electron chi connectivity index (χ3n) is 7.56. The van der Waals surface area contributed by atoms with E-state index in [0.717, 1.165) is 17.8 Å². The fraction of sp³-hybridized carbons (Fsp3) is 0.516. The van der Waals surface area contributed by atoms with E-state index in [9.17, 15) is 9.59 Å². The molecule has 45 heavy (non-hydrogen) atoms. The number of carbonyl (C=O) groups excluding carboxylic acids is 2. The van der Waals surface area contributed by atoms with Crippen molar-refractivity contribution in [3.8, 4) is 0 Å². The van der Waals surface area contributed by atoms with Gasteiger partial charge in [-0.25, -0.2) is 28.4 Å². The van der Waals surface area contributed by atoms with Gasteiger partial charge < -0.3 is 14.8 Å². The van der Waals surface area contributed by atoms with Gasteiger partial charge in [-0.15, -0.1) is 0 Å². The number of nitrogens with zero attached hydrogens (tertiary/aromatic N) is 4. The Hall–Kier alpha value is -2.87. The van der Waals surface area contributed by atoms with Crippen LogP contribution < -0.4 is 5.32 Å². The average Bonchev–Trinajstić information content (AvgIpc) is 3.69. The molecule has 0 radical (unpaired) electrons. The molecule has 4 rings (SSSR count). The molecule has 2 aromatic rings. The van der Waals surface area contributed by atoms with Crippen molar-refractivity contribution in [2.24, 2.45) is 10.9 Å². The molecule has 2 heterocycles. The molecule has 1 aromatic carbocycles. The van der Waals surface area contributed by atoms with E-state index in [0.29, 0.717) is 18.6 Å². The Morgan fingerprint density at radius 2 is 1.96 bits per heavy atom. The van der Waals surface area contributed by atoms with Crippen LogP contribution in [0.5, 0.6) is 0 Å². The number of ether oxygens (including phenoxy) is 2. The predicted molar refractivity (Wildman–Crippen MR) is 177 cm³/mol. The Kier molecular flexibility index (Phi) is 10.2. The van der Waals surface area contributed by atoms with Crippen molar-refractivity contribution in [1.82, 2.24) is 20.2 Å². The molecule has 244 valence electrons. The lowest BCUT2D eigenvalue weighted by Gasteiger charge is -2.37. The maximum absolute atomic E-state index is 15.7. The van der Waals surface area contributed by atoms with Gasteiger partial charge in [0.2, 0.25) is 5.91 Å². The molecule has 2 amide bonds. The van der Waals surface area contributed by atoms with Crippen LogP contribution in [0.3, 0.4) is 0 Å². The van der Waals surface area contributed by atoms with Crippen LogP contribution >= 0.6 is 23.4 Å². The Labute approximate surface area is 273 Å². The zero-order valence-electron chi connectivity index (χ0n) is 26.8. The Bertz CT molecular complexity index is 1510. The van der Waals surface area contributed by atoms with Crippen molar-refractivity contribution in [1.29, 1.82) is 0 Å². The summed E-state index contributed by atoms with van der Waals surface area (Å²) in [6.07, 6.45) is 3.33. The van der Waals surface area contributed by atoms with Gasteiger partial charge in [-0.3, -0.25) is 9.79 Å². The highest BCUT2D eigenvalue weighted by Crippen LogP contribution is 2.66. The molecule has 9 nitrogen and oxygen atoms in total. The molecule has 1 aliphatic carbocycles. The monoisotopic (exact) mass is 679 g/mol. The second-order valence-electron chi connectivity index (χ2n) is 13.6. The number of aromatic nitrogens is 2. The van der Waals surface area contributed by atoms with Crippen molar-refractivity contribution in [2.45, 2.75) is 75.7 Å². The molecule has 1 aromatic heterocycles. The number of amides is 2. The van der Waals surface area contributed by atoms with Crippen molar-refractivity contribution in [3.05, 3.63) is 58.4 Å². The molecular formula is C31H40ClF2N5O4SSi. The molecule has 1 N–H and O–H groups in total. The van der Waals surface area contributed by atoms with Gasteiger partial charge in [-0.1, -0.05) is 49.1 Å². The summed E-state index contributed by atoms with van der Waals surface area (Å²) in [5, 5.41) is 3.03. The van der Waals surface area contributed by atoms with Crippen LogP contribution in [0.4, 0.5) is 13.6 Å². The Morgan fingerprint density at radius 3 is 2.56 bits per heavy atom. The van der Waals surface area contributed by atoms with Gasteiger partial charge in [0.25, 0.3) is 0 Å². The second-order valence-corrected chi connectivity index (χ2v) is 20.9. The number of fused-ring (bicyclic) bond motifs is 1. The maximum atomic E-state index is 15.7. The lowest BCUT2D eigenvalue weighted by Crippen LogP contribution is -2.48. The highest BCUT2D eigenvalue weighted by atomic mass is 35.5. The number of aliphatic imine (C=N–C) groups is 1. The number of benzene rings is 1. The summed E-state index contributed by atoms with van der Waals surface area (Å²) in [7, 11) is 0.117. The standard InChI is InChI=1S/C31H40ClF2N5O4SSi/c1-29(2,3)43-28(41)39(18-42-11-12-45(6,7)8)27-38-30(4,24-15-31(24,44-27)26(40)35-5)20-13-19(9-10-21(20)33)14-22(34)23-16-37-25(32)17-36-23/h9-10,13-14,16-17,24H,11-12,15,18H2,1-8H3,(H,35,40)/b22-14-/t24-,30+,31-/m0/s1. The van der Waals surface area contributed by atoms with E-state index >= 15 is 8.78 Å². The molecule has 3 atom stereocenters. The molecule has 0 spiro atoms. The number of hydrogen-bond donors (Lipinski definition) is 1. The number of thioether (sulfide) groups is 1. The van der Waals surface area contributed by atoms with E-state index in [-0.39, 0.29) is 34.2 Å². The first-order valence-corrected chi connectivity index (χ1v) is 19.5. The number of nitrogens with one attached hydrogen (secondary N) is 1. The molecule has 1 saturated carbocycles. The number of hydrogen-bond acceptors (Lipinski definition) is 8. The average molecular weight is 680 g/mol. The smallest absolute Gasteiger partial charge is 0.418 e. The van der Waals surface area contributed by atoms with E-state index < -0.39 is 47.6 Å². The van der Waals surface area contributed by atoms with E-state index in [4.69, 9.17) is 26.1 Å². The minimum Gasteiger partial charge on any atom is -0.443 e. The number of carbonyl (C=O) groups is 2.